The van der Waals surface area contributed by atoms with Crippen LogP contribution in [0.1, 0.15) is 55.0 Å². The lowest BCUT2D eigenvalue weighted by molar-refractivity contribution is 0.436. The number of hydrogen-bond donors (Lipinski definition) is 1. The van der Waals surface area contributed by atoms with Gasteiger partial charge in [0.15, 0.2) is 0 Å². The molecule has 2 aromatic heterocycles. The Hall–Kier alpha value is -1.06. The molecular weight excluding hydrogens is 254 g/mol. The Labute approximate surface area is 119 Å². The highest BCUT2D eigenvalue weighted by Crippen LogP contribution is 2.35. The highest BCUT2D eigenvalue weighted by Gasteiger charge is 2.21. The Morgan fingerprint density at radius 2 is 1.95 bits per heavy atom. The molecule has 104 valence electrons. The van der Waals surface area contributed by atoms with Crippen LogP contribution in [0.5, 0.6) is 0 Å². The van der Waals surface area contributed by atoms with Gasteiger partial charge in [-0.3, -0.25) is 0 Å². The van der Waals surface area contributed by atoms with Gasteiger partial charge in [-0.1, -0.05) is 27.7 Å². The third-order valence-corrected chi connectivity index (χ3v) is 4.83. The predicted octanol–water partition coefficient (Wildman–Crippen LogP) is 4.51. The maximum absolute atomic E-state index is 5.88. The summed E-state index contributed by atoms with van der Waals surface area (Å²) in [5.74, 6) is 2.05. The van der Waals surface area contributed by atoms with Crippen LogP contribution in [0.2, 0.25) is 0 Å². The van der Waals surface area contributed by atoms with Gasteiger partial charge in [-0.15, -0.1) is 11.3 Å². The summed E-state index contributed by atoms with van der Waals surface area (Å²) >= 11 is 1.86. The first kappa shape index (κ1) is 14.4. The van der Waals surface area contributed by atoms with Gasteiger partial charge in [-0.2, -0.15) is 0 Å². The third kappa shape index (κ3) is 3.10. The number of hydrogen-bond acceptors (Lipinski definition) is 3. The minimum Gasteiger partial charge on any atom is -0.464 e. The van der Waals surface area contributed by atoms with Crippen molar-refractivity contribution < 1.29 is 4.42 Å². The van der Waals surface area contributed by atoms with Crippen molar-refractivity contribution >= 4 is 11.3 Å². The van der Waals surface area contributed by atoms with E-state index in [9.17, 15) is 0 Å². The topological polar surface area (TPSA) is 25.2 Å². The number of thiophene rings is 1. The van der Waals surface area contributed by atoms with Crippen LogP contribution >= 0.6 is 11.3 Å². The van der Waals surface area contributed by atoms with Gasteiger partial charge in [0.1, 0.15) is 17.6 Å². The average Bonchev–Trinajstić information content (AvgIpc) is 2.98. The molecule has 0 aliphatic heterocycles. The van der Waals surface area contributed by atoms with Crippen LogP contribution in [0.4, 0.5) is 0 Å². The first-order valence-corrected chi connectivity index (χ1v) is 7.63. The van der Waals surface area contributed by atoms with Crippen LogP contribution in [0, 0.1) is 0 Å². The monoisotopic (exact) mass is 277 g/mol. The minimum absolute atomic E-state index is 0.154. The third-order valence-electron chi connectivity index (χ3n) is 3.25. The van der Waals surface area contributed by atoms with E-state index in [0.29, 0.717) is 0 Å². The van der Waals surface area contributed by atoms with Crippen LogP contribution in [-0.4, -0.2) is 7.05 Å². The molecule has 0 saturated carbocycles. The highest BCUT2D eigenvalue weighted by atomic mass is 32.1. The van der Waals surface area contributed by atoms with E-state index < -0.39 is 0 Å². The summed E-state index contributed by atoms with van der Waals surface area (Å²) in [6.07, 6.45) is 0.939. The van der Waals surface area contributed by atoms with Gasteiger partial charge in [0, 0.05) is 16.2 Å². The van der Waals surface area contributed by atoms with E-state index in [4.69, 9.17) is 4.42 Å². The number of aryl methyl sites for hydroxylation is 1. The summed E-state index contributed by atoms with van der Waals surface area (Å²) in [7, 11) is 1.98. The fraction of sp³-hybridized carbons (Fsp3) is 0.500. The first-order chi connectivity index (χ1) is 8.95. The summed E-state index contributed by atoms with van der Waals surface area (Å²) in [5.41, 5.74) is 0.207. The number of furan rings is 1. The summed E-state index contributed by atoms with van der Waals surface area (Å²) in [6.45, 7) is 8.86. The van der Waals surface area contributed by atoms with Gasteiger partial charge >= 0.3 is 0 Å². The molecule has 3 heteroatoms. The van der Waals surface area contributed by atoms with Gasteiger partial charge in [0.05, 0.1) is 0 Å². The molecule has 2 aromatic rings. The van der Waals surface area contributed by atoms with E-state index in [1.807, 2.05) is 18.4 Å². The van der Waals surface area contributed by atoms with Crippen molar-refractivity contribution in [3.8, 4) is 0 Å². The molecule has 0 saturated heterocycles. The van der Waals surface area contributed by atoms with Crippen LogP contribution in [0.3, 0.4) is 0 Å². The second kappa shape index (κ2) is 5.51. The van der Waals surface area contributed by atoms with Crippen molar-refractivity contribution in [2.24, 2.45) is 0 Å². The summed E-state index contributed by atoms with van der Waals surface area (Å²) < 4.78 is 5.88. The van der Waals surface area contributed by atoms with E-state index in [2.05, 4.69) is 57.3 Å². The molecule has 0 aliphatic carbocycles. The zero-order valence-electron chi connectivity index (χ0n) is 12.4. The molecule has 1 N–H and O–H groups in total. The lowest BCUT2D eigenvalue weighted by Crippen LogP contribution is -2.15. The van der Waals surface area contributed by atoms with Crippen LogP contribution in [0.15, 0.2) is 28.7 Å². The van der Waals surface area contributed by atoms with Crippen molar-refractivity contribution in [2.75, 3.05) is 7.05 Å². The normalized spacial score (nSPS) is 13.7. The van der Waals surface area contributed by atoms with E-state index in [0.717, 1.165) is 17.9 Å². The second-order valence-corrected chi connectivity index (χ2v) is 6.95. The molecule has 0 radical (unpaired) electrons. The molecule has 0 spiro atoms. The molecule has 2 heterocycles. The lowest BCUT2D eigenvalue weighted by Gasteiger charge is -2.16. The fourth-order valence-corrected chi connectivity index (χ4v) is 3.26. The molecule has 0 bridgehead atoms. The van der Waals surface area contributed by atoms with E-state index in [1.165, 1.54) is 9.75 Å². The summed E-state index contributed by atoms with van der Waals surface area (Å²) in [4.78, 5) is 2.72. The molecule has 2 rings (SSSR count). The van der Waals surface area contributed by atoms with Crippen molar-refractivity contribution in [1.82, 2.24) is 5.32 Å². The standard InChI is InChI=1S/C16H23NOS/c1-6-11-7-8-12(18-11)15(17-5)13-9-10-14(19-13)16(2,3)4/h7-10,15,17H,6H2,1-5H3. The van der Waals surface area contributed by atoms with Crippen LogP contribution in [-0.2, 0) is 11.8 Å². The smallest absolute Gasteiger partial charge is 0.126 e. The van der Waals surface area contributed by atoms with Crippen molar-refractivity contribution in [1.29, 1.82) is 0 Å². The number of rotatable bonds is 4. The largest absolute Gasteiger partial charge is 0.464 e. The van der Waals surface area contributed by atoms with Crippen molar-refractivity contribution in [3.05, 3.63) is 45.5 Å². The molecule has 2 nitrogen and oxygen atoms in total. The Morgan fingerprint density at radius 3 is 2.42 bits per heavy atom. The van der Waals surface area contributed by atoms with Crippen molar-refractivity contribution in [2.45, 2.75) is 45.6 Å². The molecule has 1 unspecified atom stereocenters. The lowest BCUT2D eigenvalue weighted by atomic mass is 9.95. The highest BCUT2D eigenvalue weighted by molar-refractivity contribution is 7.12. The van der Waals surface area contributed by atoms with Gasteiger partial charge in [0.25, 0.3) is 0 Å². The van der Waals surface area contributed by atoms with Gasteiger partial charge in [-0.05, 0) is 36.7 Å². The maximum atomic E-state index is 5.88. The Bertz CT molecular complexity index is 533. The first-order valence-electron chi connectivity index (χ1n) is 6.81. The molecule has 1 atom stereocenters. The maximum Gasteiger partial charge on any atom is 0.126 e. The quantitative estimate of drug-likeness (QED) is 0.889. The molecule has 19 heavy (non-hydrogen) atoms. The van der Waals surface area contributed by atoms with E-state index in [-0.39, 0.29) is 11.5 Å². The second-order valence-electron chi connectivity index (χ2n) is 5.83. The molecule has 0 fully saturated rings. The Balaban J connectivity index is 2.29. The molecule has 0 aromatic carbocycles. The fourth-order valence-electron chi connectivity index (χ4n) is 2.08. The SMILES string of the molecule is CCc1ccc(C(NC)c2ccc(C(C)(C)C)s2)o1. The van der Waals surface area contributed by atoms with Crippen LogP contribution < -0.4 is 5.32 Å². The zero-order chi connectivity index (χ0) is 14.0. The predicted molar refractivity (Wildman–Crippen MR) is 82.0 cm³/mol. The minimum atomic E-state index is 0.154. The molecule has 0 amide bonds. The van der Waals surface area contributed by atoms with Crippen molar-refractivity contribution in [3.63, 3.8) is 0 Å². The van der Waals surface area contributed by atoms with Gasteiger partial charge in [0.2, 0.25) is 0 Å². The van der Waals surface area contributed by atoms with Gasteiger partial charge in [-0.25, -0.2) is 0 Å². The summed E-state index contributed by atoms with van der Waals surface area (Å²) in [6, 6.07) is 8.74. The number of nitrogens with one attached hydrogen (secondary N) is 1. The van der Waals surface area contributed by atoms with E-state index in [1.54, 1.807) is 0 Å². The van der Waals surface area contributed by atoms with E-state index >= 15 is 0 Å². The Morgan fingerprint density at radius 1 is 1.21 bits per heavy atom. The Kier molecular flexibility index (Phi) is 4.16. The average molecular weight is 277 g/mol. The zero-order valence-corrected chi connectivity index (χ0v) is 13.2. The molecule has 0 aliphatic rings. The van der Waals surface area contributed by atoms with Crippen LogP contribution in [0.25, 0.3) is 0 Å². The van der Waals surface area contributed by atoms with Gasteiger partial charge < -0.3 is 9.73 Å². The molecular formula is C16H23NOS. The summed E-state index contributed by atoms with van der Waals surface area (Å²) in [5, 5.41) is 3.35.